The van der Waals surface area contributed by atoms with Crippen LogP contribution in [-0.4, -0.2) is 4.98 Å². The van der Waals surface area contributed by atoms with E-state index in [4.69, 9.17) is 5.73 Å². The predicted octanol–water partition coefficient (Wildman–Crippen LogP) is 3.77. The van der Waals surface area contributed by atoms with Gasteiger partial charge in [-0.1, -0.05) is 12.5 Å². The fraction of sp³-hybridized carbons (Fsp3) is 0.438. The number of nitrogens with two attached hydrogens (primary N) is 1. The molecule has 2 aromatic heterocycles. The highest BCUT2D eigenvalue weighted by Gasteiger charge is 2.17. The van der Waals surface area contributed by atoms with Crippen LogP contribution in [0.4, 0.5) is 0 Å². The smallest absolute Gasteiger partial charge is 0.0661 e. The monoisotopic (exact) mass is 272 g/mol. The topological polar surface area (TPSA) is 38.9 Å². The molecule has 0 fully saturated rings. The molecule has 1 aliphatic rings. The van der Waals surface area contributed by atoms with Gasteiger partial charge in [-0.25, -0.2) is 0 Å². The summed E-state index contributed by atoms with van der Waals surface area (Å²) in [5.41, 5.74) is 10.1. The summed E-state index contributed by atoms with van der Waals surface area (Å²) in [5, 5.41) is 0. The number of pyridine rings is 1. The van der Waals surface area contributed by atoms with Gasteiger partial charge in [0.2, 0.25) is 0 Å². The summed E-state index contributed by atoms with van der Waals surface area (Å²) in [6.07, 6.45) is 8.39. The molecule has 0 radical (unpaired) electrons. The summed E-state index contributed by atoms with van der Waals surface area (Å²) in [6, 6.07) is 6.44. The van der Waals surface area contributed by atoms with Crippen molar-refractivity contribution in [1.29, 1.82) is 0 Å². The zero-order chi connectivity index (χ0) is 13.2. The second-order valence-corrected chi connectivity index (χ2v) is 6.54. The Morgan fingerprint density at radius 2 is 2.05 bits per heavy atom. The molecule has 2 heterocycles. The van der Waals surface area contributed by atoms with Crippen molar-refractivity contribution in [2.24, 2.45) is 5.73 Å². The lowest BCUT2D eigenvalue weighted by Gasteiger charge is -2.09. The van der Waals surface area contributed by atoms with Crippen LogP contribution in [0.5, 0.6) is 0 Å². The van der Waals surface area contributed by atoms with Crippen molar-refractivity contribution in [2.45, 2.75) is 45.1 Å². The van der Waals surface area contributed by atoms with Crippen molar-refractivity contribution in [3.63, 3.8) is 0 Å². The number of hydrogen-bond donors (Lipinski definition) is 1. The molecule has 0 spiro atoms. The third-order valence-electron chi connectivity index (χ3n) is 3.87. The van der Waals surface area contributed by atoms with Crippen LogP contribution in [0.15, 0.2) is 24.4 Å². The maximum Gasteiger partial charge on any atom is 0.0661 e. The molecule has 0 bridgehead atoms. The molecular weight excluding hydrogens is 252 g/mol. The minimum absolute atomic E-state index is 0.0231. The largest absolute Gasteiger partial charge is 0.320 e. The first-order valence-corrected chi connectivity index (χ1v) is 7.85. The first-order valence-electron chi connectivity index (χ1n) is 7.03. The van der Waals surface area contributed by atoms with Gasteiger partial charge in [0.25, 0.3) is 0 Å². The Morgan fingerprint density at radius 3 is 2.84 bits per heavy atom. The SMILES string of the molecule is Cc1ccc(C(N)c2cc3c(s2)CCCCC3)cn1. The van der Waals surface area contributed by atoms with E-state index in [1.807, 2.05) is 30.5 Å². The van der Waals surface area contributed by atoms with Crippen molar-refractivity contribution >= 4 is 11.3 Å². The lowest BCUT2D eigenvalue weighted by atomic mass is 10.1. The third-order valence-corrected chi connectivity index (χ3v) is 5.19. The summed E-state index contributed by atoms with van der Waals surface area (Å²) in [7, 11) is 0. The first kappa shape index (κ1) is 12.8. The minimum atomic E-state index is -0.0231. The van der Waals surface area contributed by atoms with Gasteiger partial charge in [-0.2, -0.15) is 0 Å². The van der Waals surface area contributed by atoms with Crippen molar-refractivity contribution in [3.05, 3.63) is 51.0 Å². The minimum Gasteiger partial charge on any atom is -0.320 e. The van der Waals surface area contributed by atoms with Crippen LogP contribution < -0.4 is 5.73 Å². The molecular formula is C16H20N2S. The zero-order valence-corrected chi connectivity index (χ0v) is 12.2. The number of rotatable bonds is 2. The van der Waals surface area contributed by atoms with E-state index in [2.05, 4.69) is 17.1 Å². The Hall–Kier alpha value is -1.19. The molecule has 19 heavy (non-hydrogen) atoms. The maximum atomic E-state index is 6.39. The van der Waals surface area contributed by atoms with Crippen molar-refractivity contribution in [1.82, 2.24) is 4.98 Å². The lowest BCUT2D eigenvalue weighted by molar-refractivity contribution is 0.712. The van der Waals surface area contributed by atoms with E-state index < -0.39 is 0 Å². The molecule has 3 rings (SSSR count). The predicted molar refractivity (Wildman–Crippen MR) is 80.6 cm³/mol. The highest BCUT2D eigenvalue weighted by molar-refractivity contribution is 7.12. The van der Waals surface area contributed by atoms with Gasteiger partial charge in [0.15, 0.2) is 0 Å². The van der Waals surface area contributed by atoms with Gasteiger partial charge in [0, 0.05) is 21.6 Å². The standard InChI is InChI=1S/C16H20N2S/c1-11-7-8-13(10-18-11)16(17)15-9-12-5-3-2-4-6-14(12)19-15/h7-10,16H,2-6,17H2,1H3. The lowest BCUT2D eigenvalue weighted by Crippen LogP contribution is -2.10. The molecule has 2 N–H and O–H groups in total. The van der Waals surface area contributed by atoms with E-state index in [1.54, 1.807) is 4.88 Å². The Morgan fingerprint density at radius 1 is 1.21 bits per heavy atom. The van der Waals surface area contributed by atoms with Gasteiger partial charge in [0.05, 0.1) is 6.04 Å². The van der Waals surface area contributed by atoms with Crippen LogP contribution in [0.25, 0.3) is 0 Å². The molecule has 1 unspecified atom stereocenters. The van der Waals surface area contributed by atoms with Gasteiger partial charge in [-0.05, 0) is 55.9 Å². The second kappa shape index (κ2) is 5.43. The van der Waals surface area contributed by atoms with Crippen LogP contribution in [-0.2, 0) is 12.8 Å². The van der Waals surface area contributed by atoms with Crippen LogP contribution in [0, 0.1) is 6.92 Å². The summed E-state index contributed by atoms with van der Waals surface area (Å²) >= 11 is 1.90. The average molecular weight is 272 g/mol. The summed E-state index contributed by atoms with van der Waals surface area (Å²) < 4.78 is 0. The second-order valence-electron chi connectivity index (χ2n) is 5.37. The molecule has 0 amide bonds. The summed E-state index contributed by atoms with van der Waals surface area (Å²) in [5.74, 6) is 0. The maximum absolute atomic E-state index is 6.39. The molecule has 0 aliphatic heterocycles. The van der Waals surface area contributed by atoms with Crippen molar-refractivity contribution in [2.75, 3.05) is 0 Å². The van der Waals surface area contributed by atoms with E-state index in [9.17, 15) is 0 Å². The number of nitrogens with zero attached hydrogens (tertiary/aromatic N) is 1. The summed E-state index contributed by atoms with van der Waals surface area (Å²) in [4.78, 5) is 7.19. The van der Waals surface area contributed by atoms with Crippen molar-refractivity contribution < 1.29 is 0 Å². The van der Waals surface area contributed by atoms with E-state index in [1.165, 1.54) is 42.5 Å². The molecule has 3 heteroatoms. The van der Waals surface area contributed by atoms with E-state index in [-0.39, 0.29) is 6.04 Å². The van der Waals surface area contributed by atoms with E-state index >= 15 is 0 Å². The normalized spacial score (nSPS) is 16.7. The highest BCUT2D eigenvalue weighted by Crippen LogP contribution is 2.33. The number of aromatic nitrogens is 1. The van der Waals surface area contributed by atoms with Gasteiger partial charge in [-0.3, -0.25) is 4.98 Å². The van der Waals surface area contributed by atoms with Gasteiger partial charge in [0.1, 0.15) is 0 Å². The quantitative estimate of drug-likeness (QED) is 0.845. The fourth-order valence-electron chi connectivity index (χ4n) is 2.67. The Labute approximate surface area is 118 Å². The van der Waals surface area contributed by atoms with Crippen LogP contribution >= 0.6 is 11.3 Å². The Bertz CT molecular complexity index is 533. The van der Waals surface area contributed by atoms with E-state index in [0.29, 0.717) is 0 Å². The highest BCUT2D eigenvalue weighted by atomic mass is 32.1. The molecule has 0 aromatic carbocycles. The van der Waals surface area contributed by atoms with E-state index in [0.717, 1.165) is 11.3 Å². The number of fused-ring (bicyclic) bond motifs is 1. The first-order chi connectivity index (χ1) is 9.24. The molecule has 100 valence electrons. The molecule has 0 saturated carbocycles. The van der Waals surface area contributed by atoms with Gasteiger partial charge < -0.3 is 5.73 Å². The number of aryl methyl sites for hydroxylation is 3. The molecule has 2 aromatic rings. The van der Waals surface area contributed by atoms with Crippen LogP contribution in [0.2, 0.25) is 0 Å². The van der Waals surface area contributed by atoms with Crippen molar-refractivity contribution in [3.8, 4) is 0 Å². The zero-order valence-electron chi connectivity index (χ0n) is 11.4. The number of hydrogen-bond acceptors (Lipinski definition) is 3. The molecule has 0 saturated heterocycles. The number of thiophene rings is 1. The van der Waals surface area contributed by atoms with Gasteiger partial charge in [-0.15, -0.1) is 11.3 Å². The van der Waals surface area contributed by atoms with Crippen LogP contribution in [0.3, 0.4) is 0 Å². The summed E-state index contributed by atoms with van der Waals surface area (Å²) in [6.45, 7) is 2.00. The van der Waals surface area contributed by atoms with Crippen LogP contribution in [0.1, 0.15) is 51.9 Å². The third kappa shape index (κ3) is 2.72. The Balaban J connectivity index is 1.87. The van der Waals surface area contributed by atoms with Gasteiger partial charge >= 0.3 is 0 Å². The molecule has 2 nitrogen and oxygen atoms in total. The molecule has 1 aliphatic carbocycles. The fourth-order valence-corrected chi connectivity index (χ4v) is 3.96. The molecule has 1 atom stereocenters. The average Bonchev–Trinajstić information content (AvgIpc) is 2.70. The Kier molecular flexibility index (Phi) is 3.67.